The summed E-state index contributed by atoms with van der Waals surface area (Å²) in [6.45, 7) is 1.06. The van der Waals surface area contributed by atoms with Crippen molar-refractivity contribution in [1.29, 1.82) is 0 Å². The van der Waals surface area contributed by atoms with Crippen molar-refractivity contribution in [3.05, 3.63) is 40.2 Å². The molecule has 2 aromatic rings. The van der Waals surface area contributed by atoms with Gasteiger partial charge in [-0.2, -0.15) is 4.31 Å². The van der Waals surface area contributed by atoms with E-state index in [-0.39, 0.29) is 9.10 Å². The van der Waals surface area contributed by atoms with Crippen LogP contribution in [0.15, 0.2) is 49.3 Å². The molecular weight excluding hydrogens is 460 g/mol. The van der Waals surface area contributed by atoms with E-state index in [0.717, 1.165) is 40.8 Å². The van der Waals surface area contributed by atoms with Gasteiger partial charge >= 0.3 is 0 Å². The summed E-state index contributed by atoms with van der Waals surface area (Å²) in [5, 5.41) is 0. The summed E-state index contributed by atoms with van der Waals surface area (Å²) in [7, 11) is -7.23. The van der Waals surface area contributed by atoms with Crippen LogP contribution in [0.2, 0.25) is 0 Å². The Kier molecular flexibility index (Phi) is 6.07. The Morgan fingerprint density at radius 2 is 1.50 bits per heavy atom. The number of rotatable bonds is 5. The molecule has 1 N–H and O–H groups in total. The predicted octanol–water partition coefficient (Wildman–Crippen LogP) is 3.88. The van der Waals surface area contributed by atoms with Crippen molar-refractivity contribution in [3.8, 4) is 0 Å². The number of nitrogens with one attached hydrogen (secondary N) is 1. The van der Waals surface area contributed by atoms with Crippen molar-refractivity contribution in [3.63, 3.8) is 0 Å². The smallest absolute Gasteiger partial charge is 0.271 e. The van der Waals surface area contributed by atoms with Gasteiger partial charge in [0, 0.05) is 18.8 Å². The van der Waals surface area contributed by atoms with Crippen LogP contribution in [-0.4, -0.2) is 34.2 Å². The van der Waals surface area contributed by atoms with Gasteiger partial charge in [0.2, 0.25) is 10.0 Å². The van der Waals surface area contributed by atoms with E-state index in [1.807, 2.05) is 0 Å². The lowest BCUT2D eigenvalue weighted by Crippen LogP contribution is -2.31. The Hall–Kier alpha value is -0.940. The highest BCUT2D eigenvalue weighted by atomic mass is 79.9. The minimum Gasteiger partial charge on any atom is -0.279 e. The van der Waals surface area contributed by atoms with Crippen LogP contribution in [-0.2, 0) is 20.0 Å². The van der Waals surface area contributed by atoms with Gasteiger partial charge in [0.1, 0.15) is 4.21 Å². The zero-order chi connectivity index (χ0) is 18.8. The van der Waals surface area contributed by atoms with E-state index in [4.69, 9.17) is 0 Å². The molecule has 1 fully saturated rings. The monoisotopic (exact) mass is 478 g/mol. The number of sulfonamides is 2. The summed E-state index contributed by atoms with van der Waals surface area (Å²) in [5.74, 6) is 0. The number of nitrogens with zero attached hydrogens (tertiary/aromatic N) is 1. The maximum atomic E-state index is 12.7. The standard InChI is InChI=1S/C16H19BrN2O4S3/c17-15-9-10-16(24-15)25(20,21)18-13-5-7-14(8-6-13)26(22,23)19-11-3-1-2-4-12-19/h5-10,18H,1-4,11-12H2. The van der Waals surface area contributed by atoms with Gasteiger partial charge in [-0.25, -0.2) is 16.8 Å². The lowest BCUT2D eigenvalue weighted by atomic mass is 10.2. The van der Waals surface area contributed by atoms with Crippen molar-refractivity contribution in [2.45, 2.75) is 34.8 Å². The minimum absolute atomic E-state index is 0.182. The molecule has 26 heavy (non-hydrogen) atoms. The molecule has 0 radical (unpaired) electrons. The molecule has 0 unspecified atom stereocenters. The molecule has 6 nitrogen and oxygen atoms in total. The molecule has 2 heterocycles. The molecule has 1 saturated heterocycles. The second kappa shape index (κ2) is 7.97. The molecule has 0 spiro atoms. The van der Waals surface area contributed by atoms with Crippen molar-refractivity contribution in [2.75, 3.05) is 17.8 Å². The fraction of sp³-hybridized carbons (Fsp3) is 0.375. The van der Waals surface area contributed by atoms with Gasteiger partial charge in [-0.05, 0) is 65.2 Å². The first-order valence-electron chi connectivity index (χ1n) is 8.17. The van der Waals surface area contributed by atoms with E-state index < -0.39 is 20.0 Å². The maximum absolute atomic E-state index is 12.7. The van der Waals surface area contributed by atoms with Crippen LogP contribution < -0.4 is 4.72 Å². The summed E-state index contributed by atoms with van der Waals surface area (Å²) in [4.78, 5) is 0.182. The summed E-state index contributed by atoms with van der Waals surface area (Å²) < 4.78 is 55.0. The van der Waals surface area contributed by atoms with E-state index in [1.165, 1.54) is 34.6 Å². The summed E-state index contributed by atoms with van der Waals surface area (Å²) in [6.07, 6.45) is 3.83. The SMILES string of the molecule is O=S(=O)(Nc1ccc(S(=O)(=O)N2CCCCCC2)cc1)c1ccc(Br)s1. The highest BCUT2D eigenvalue weighted by Crippen LogP contribution is 2.28. The van der Waals surface area contributed by atoms with Crippen molar-refractivity contribution in [2.24, 2.45) is 0 Å². The molecular formula is C16H19BrN2O4S3. The van der Waals surface area contributed by atoms with E-state index in [0.29, 0.717) is 18.8 Å². The summed E-state index contributed by atoms with van der Waals surface area (Å²) in [6, 6.07) is 9.02. The fourth-order valence-electron chi connectivity index (χ4n) is 2.77. The minimum atomic E-state index is -3.69. The Morgan fingerprint density at radius 3 is 2.04 bits per heavy atom. The van der Waals surface area contributed by atoms with Crippen LogP contribution in [0.5, 0.6) is 0 Å². The second-order valence-electron chi connectivity index (χ2n) is 6.01. The third-order valence-electron chi connectivity index (χ3n) is 4.12. The third kappa shape index (κ3) is 4.48. The lowest BCUT2D eigenvalue weighted by molar-refractivity contribution is 0.424. The van der Waals surface area contributed by atoms with Crippen LogP contribution in [0.1, 0.15) is 25.7 Å². The van der Waals surface area contributed by atoms with Gasteiger partial charge in [-0.1, -0.05) is 12.8 Å². The molecule has 1 aliphatic rings. The van der Waals surface area contributed by atoms with Crippen molar-refractivity contribution >= 4 is 53.0 Å². The number of halogens is 1. The van der Waals surface area contributed by atoms with Crippen LogP contribution in [0, 0.1) is 0 Å². The van der Waals surface area contributed by atoms with Crippen LogP contribution in [0.3, 0.4) is 0 Å². The number of hydrogen-bond acceptors (Lipinski definition) is 5. The van der Waals surface area contributed by atoms with Crippen LogP contribution in [0.4, 0.5) is 5.69 Å². The molecule has 142 valence electrons. The van der Waals surface area contributed by atoms with Gasteiger partial charge in [-0.3, -0.25) is 4.72 Å². The summed E-state index contributed by atoms with van der Waals surface area (Å²) >= 11 is 4.35. The normalized spacial score (nSPS) is 17.0. The largest absolute Gasteiger partial charge is 0.279 e. The Labute approximate surface area is 166 Å². The highest BCUT2D eigenvalue weighted by molar-refractivity contribution is 9.11. The Bertz CT molecular complexity index is 961. The van der Waals surface area contributed by atoms with Gasteiger partial charge in [0.25, 0.3) is 10.0 Å². The summed E-state index contributed by atoms with van der Waals surface area (Å²) in [5.41, 5.74) is 0.323. The van der Waals surface area contributed by atoms with Crippen molar-refractivity contribution < 1.29 is 16.8 Å². The van der Waals surface area contributed by atoms with Crippen molar-refractivity contribution in [1.82, 2.24) is 4.31 Å². The molecule has 0 amide bonds. The molecule has 0 bridgehead atoms. The number of anilines is 1. The van der Waals surface area contributed by atoms with E-state index in [2.05, 4.69) is 20.7 Å². The quantitative estimate of drug-likeness (QED) is 0.706. The number of hydrogen-bond donors (Lipinski definition) is 1. The third-order valence-corrected chi connectivity index (χ3v) is 9.53. The second-order valence-corrected chi connectivity index (χ2v) is 12.3. The topological polar surface area (TPSA) is 83.5 Å². The molecule has 0 atom stereocenters. The van der Waals surface area contributed by atoms with Crippen LogP contribution >= 0.6 is 27.3 Å². The first-order valence-corrected chi connectivity index (χ1v) is 12.7. The average Bonchev–Trinajstić information content (AvgIpc) is 2.86. The van der Waals surface area contributed by atoms with E-state index >= 15 is 0 Å². The first-order chi connectivity index (χ1) is 12.3. The molecule has 3 rings (SSSR count). The van der Waals surface area contributed by atoms with Gasteiger partial charge in [0.15, 0.2) is 0 Å². The maximum Gasteiger partial charge on any atom is 0.271 e. The molecule has 0 aliphatic carbocycles. The van der Waals surface area contributed by atoms with Gasteiger partial charge in [0.05, 0.1) is 8.68 Å². The molecule has 1 aromatic heterocycles. The highest BCUT2D eigenvalue weighted by Gasteiger charge is 2.25. The lowest BCUT2D eigenvalue weighted by Gasteiger charge is -2.20. The molecule has 10 heteroatoms. The Balaban J connectivity index is 1.78. The average molecular weight is 479 g/mol. The molecule has 0 saturated carbocycles. The number of thiophene rings is 1. The molecule has 1 aromatic carbocycles. The first kappa shape index (κ1) is 19.8. The van der Waals surface area contributed by atoms with Crippen LogP contribution in [0.25, 0.3) is 0 Å². The van der Waals surface area contributed by atoms with Gasteiger partial charge in [-0.15, -0.1) is 11.3 Å². The predicted molar refractivity (Wildman–Crippen MR) is 106 cm³/mol. The zero-order valence-corrected chi connectivity index (χ0v) is 17.9. The molecule has 1 aliphatic heterocycles. The van der Waals surface area contributed by atoms with Gasteiger partial charge < -0.3 is 0 Å². The number of benzene rings is 1. The van der Waals surface area contributed by atoms with E-state index in [1.54, 1.807) is 6.07 Å². The Morgan fingerprint density at radius 1 is 0.885 bits per heavy atom. The van der Waals surface area contributed by atoms with E-state index in [9.17, 15) is 16.8 Å². The fourth-order valence-corrected chi connectivity index (χ4v) is 7.36. The zero-order valence-electron chi connectivity index (χ0n) is 13.9.